The van der Waals surface area contributed by atoms with Gasteiger partial charge in [-0.25, -0.2) is 0 Å². The molecule has 0 bridgehead atoms. The van der Waals surface area contributed by atoms with Crippen molar-refractivity contribution in [2.45, 2.75) is 6.92 Å². The molecule has 0 saturated carbocycles. The lowest BCUT2D eigenvalue weighted by Gasteiger charge is -1.93. The standard InChI is InChI=1S/C4H8N2O2/c1-3(7)4(8)6-2-5/h2,5H2,1H3,(H,6,8). The first-order valence-corrected chi connectivity index (χ1v) is 2.17. The Labute approximate surface area is 47.0 Å². The molecule has 0 aliphatic carbocycles. The molecule has 1 amide bonds. The molecule has 0 saturated heterocycles. The molecule has 0 fully saturated rings. The molecule has 0 aromatic rings. The van der Waals surface area contributed by atoms with Crippen molar-refractivity contribution in [3.8, 4) is 0 Å². The van der Waals surface area contributed by atoms with Gasteiger partial charge in [0.15, 0.2) is 0 Å². The van der Waals surface area contributed by atoms with E-state index in [1.807, 2.05) is 0 Å². The summed E-state index contributed by atoms with van der Waals surface area (Å²) in [5.74, 6) is -1.15. The summed E-state index contributed by atoms with van der Waals surface area (Å²) in [4.78, 5) is 20.3. The predicted molar refractivity (Wildman–Crippen MR) is 27.9 cm³/mol. The zero-order chi connectivity index (χ0) is 6.57. The molecular formula is C4H8N2O2. The van der Waals surface area contributed by atoms with E-state index in [0.717, 1.165) is 0 Å². The van der Waals surface area contributed by atoms with Crippen LogP contribution < -0.4 is 11.1 Å². The Morgan fingerprint density at radius 1 is 1.62 bits per heavy atom. The Hall–Kier alpha value is -0.900. The topological polar surface area (TPSA) is 72.2 Å². The number of hydrogen-bond acceptors (Lipinski definition) is 3. The fourth-order valence-corrected chi connectivity index (χ4v) is 0.217. The van der Waals surface area contributed by atoms with Crippen molar-refractivity contribution >= 4 is 11.7 Å². The molecule has 0 spiro atoms. The lowest BCUT2D eigenvalue weighted by molar-refractivity contribution is -0.136. The van der Waals surface area contributed by atoms with Gasteiger partial charge in [0.1, 0.15) is 0 Å². The van der Waals surface area contributed by atoms with Gasteiger partial charge < -0.3 is 11.1 Å². The van der Waals surface area contributed by atoms with Crippen LogP contribution in [0.4, 0.5) is 0 Å². The lowest BCUT2D eigenvalue weighted by atomic mass is 10.4. The van der Waals surface area contributed by atoms with Crippen LogP contribution in [0.5, 0.6) is 0 Å². The number of amides is 1. The number of hydrogen-bond donors (Lipinski definition) is 2. The van der Waals surface area contributed by atoms with Crippen molar-refractivity contribution < 1.29 is 9.59 Å². The summed E-state index contributed by atoms with van der Waals surface area (Å²) < 4.78 is 0. The predicted octanol–water partition coefficient (Wildman–Crippen LogP) is -1.39. The van der Waals surface area contributed by atoms with E-state index < -0.39 is 11.7 Å². The highest BCUT2D eigenvalue weighted by molar-refractivity contribution is 6.35. The number of carbonyl (C=O) groups is 2. The van der Waals surface area contributed by atoms with Crippen molar-refractivity contribution in [1.29, 1.82) is 0 Å². The van der Waals surface area contributed by atoms with Gasteiger partial charge in [-0.2, -0.15) is 0 Å². The molecule has 4 nitrogen and oxygen atoms in total. The molecule has 0 radical (unpaired) electrons. The Kier molecular flexibility index (Phi) is 2.79. The van der Waals surface area contributed by atoms with Crippen LogP contribution in [0.2, 0.25) is 0 Å². The van der Waals surface area contributed by atoms with Crippen LogP contribution in [0.1, 0.15) is 6.92 Å². The monoisotopic (exact) mass is 116 g/mol. The van der Waals surface area contributed by atoms with Crippen molar-refractivity contribution in [1.82, 2.24) is 5.32 Å². The highest BCUT2D eigenvalue weighted by Gasteiger charge is 2.02. The minimum atomic E-state index is -0.632. The minimum absolute atomic E-state index is 0.0123. The lowest BCUT2D eigenvalue weighted by Crippen LogP contribution is -2.33. The van der Waals surface area contributed by atoms with Crippen LogP contribution in [0.15, 0.2) is 0 Å². The third-order valence-corrected chi connectivity index (χ3v) is 0.582. The van der Waals surface area contributed by atoms with E-state index in [9.17, 15) is 9.59 Å². The molecule has 0 rings (SSSR count). The first kappa shape index (κ1) is 7.10. The molecule has 46 valence electrons. The number of carbonyl (C=O) groups excluding carboxylic acids is 2. The van der Waals surface area contributed by atoms with Gasteiger partial charge in [-0.3, -0.25) is 9.59 Å². The van der Waals surface area contributed by atoms with Gasteiger partial charge in [0.25, 0.3) is 5.91 Å². The normalized spacial score (nSPS) is 8.25. The van der Waals surface area contributed by atoms with Crippen LogP contribution in [0.25, 0.3) is 0 Å². The second-order valence-electron chi connectivity index (χ2n) is 1.27. The number of ketones is 1. The van der Waals surface area contributed by atoms with Crippen molar-refractivity contribution in [2.75, 3.05) is 6.67 Å². The van der Waals surface area contributed by atoms with Crippen molar-refractivity contribution in [2.24, 2.45) is 5.73 Å². The second-order valence-corrected chi connectivity index (χ2v) is 1.27. The molecule has 4 heteroatoms. The molecule has 0 aromatic heterocycles. The first-order chi connectivity index (χ1) is 3.68. The van der Waals surface area contributed by atoms with Crippen molar-refractivity contribution in [3.63, 3.8) is 0 Å². The molecule has 8 heavy (non-hydrogen) atoms. The van der Waals surface area contributed by atoms with Crippen molar-refractivity contribution in [3.05, 3.63) is 0 Å². The fraction of sp³-hybridized carbons (Fsp3) is 0.500. The summed E-state index contributed by atoms with van der Waals surface area (Å²) in [6, 6.07) is 0. The SMILES string of the molecule is CC(=O)C(=O)NCN. The maximum atomic E-state index is 10.2. The summed E-state index contributed by atoms with van der Waals surface area (Å²) in [7, 11) is 0. The first-order valence-electron chi connectivity index (χ1n) is 2.17. The second kappa shape index (κ2) is 3.15. The van der Waals surface area contributed by atoms with Gasteiger partial charge in [0, 0.05) is 6.92 Å². The van der Waals surface area contributed by atoms with E-state index in [1.165, 1.54) is 6.92 Å². The molecule has 0 aliphatic heterocycles. The Morgan fingerprint density at radius 3 is 2.25 bits per heavy atom. The number of rotatable bonds is 2. The summed E-state index contributed by atoms with van der Waals surface area (Å²) in [5, 5.41) is 2.13. The van der Waals surface area contributed by atoms with Gasteiger partial charge >= 0.3 is 0 Å². The smallest absolute Gasteiger partial charge is 0.288 e. The van der Waals surface area contributed by atoms with E-state index in [-0.39, 0.29) is 6.67 Å². The largest absolute Gasteiger partial charge is 0.337 e. The van der Waals surface area contributed by atoms with Crippen LogP contribution in [-0.4, -0.2) is 18.4 Å². The minimum Gasteiger partial charge on any atom is -0.337 e. The van der Waals surface area contributed by atoms with E-state index in [2.05, 4.69) is 5.32 Å². The van der Waals surface area contributed by atoms with Gasteiger partial charge in [0.05, 0.1) is 6.67 Å². The van der Waals surface area contributed by atoms with E-state index >= 15 is 0 Å². The summed E-state index contributed by atoms with van der Waals surface area (Å²) in [6.45, 7) is 1.20. The van der Waals surface area contributed by atoms with E-state index in [4.69, 9.17) is 5.73 Å². The molecule has 0 atom stereocenters. The molecule has 0 unspecified atom stereocenters. The summed E-state index contributed by atoms with van der Waals surface area (Å²) in [5.41, 5.74) is 4.88. The van der Waals surface area contributed by atoms with E-state index in [0.29, 0.717) is 0 Å². The third kappa shape index (κ3) is 2.30. The highest BCUT2D eigenvalue weighted by atomic mass is 16.2. The van der Waals surface area contributed by atoms with Gasteiger partial charge in [-0.1, -0.05) is 0 Å². The number of nitrogens with one attached hydrogen (secondary N) is 1. The van der Waals surface area contributed by atoms with Gasteiger partial charge in [0.2, 0.25) is 5.78 Å². The quantitative estimate of drug-likeness (QED) is 0.344. The summed E-state index contributed by atoms with van der Waals surface area (Å²) in [6.07, 6.45) is 0. The molecular weight excluding hydrogens is 108 g/mol. The average molecular weight is 116 g/mol. The molecule has 0 aromatic carbocycles. The maximum absolute atomic E-state index is 10.2. The molecule has 0 aliphatic rings. The molecule has 3 N–H and O–H groups in total. The van der Waals surface area contributed by atoms with Gasteiger partial charge in [-0.15, -0.1) is 0 Å². The number of Topliss-reactive ketones (excluding diaryl/α,β-unsaturated/α-hetero) is 1. The van der Waals surface area contributed by atoms with E-state index in [1.54, 1.807) is 0 Å². The van der Waals surface area contributed by atoms with Crippen LogP contribution >= 0.6 is 0 Å². The highest BCUT2D eigenvalue weighted by Crippen LogP contribution is 1.64. The van der Waals surface area contributed by atoms with Crippen LogP contribution in [0.3, 0.4) is 0 Å². The Bertz CT molecular complexity index is 111. The van der Waals surface area contributed by atoms with Crippen LogP contribution in [0, 0.1) is 0 Å². The molecule has 0 heterocycles. The fourth-order valence-electron chi connectivity index (χ4n) is 0.217. The summed E-state index contributed by atoms with van der Waals surface area (Å²) >= 11 is 0. The Morgan fingerprint density at radius 2 is 2.12 bits per heavy atom. The maximum Gasteiger partial charge on any atom is 0.288 e. The zero-order valence-corrected chi connectivity index (χ0v) is 4.60. The third-order valence-electron chi connectivity index (χ3n) is 0.582. The average Bonchev–Trinajstić information content (AvgIpc) is 1.67. The Balaban J connectivity index is 3.49. The van der Waals surface area contributed by atoms with Crippen LogP contribution in [-0.2, 0) is 9.59 Å². The van der Waals surface area contributed by atoms with Gasteiger partial charge in [-0.05, 0) is 0 Å². The number of nitrogens with two attached hydrogens (primary N) is 1. The zero-order valence-electron chi connectivity index (χ0n) is 4.60.